The van der Waals surface area contributed by atoms with Gasteiger partial charge in [0.2, 0.25) is 5.79 Å². The van der Waals surface area contributed by atoms with Gasteiger partial charge in [-0.1, -0.05) is 61.6 Å². The molecule has 4 aliphatic rings. The number of halogens is 1. The van der Waals surface area contributed by atoms with E-state index in [4.69, 9.17) is 9.47 Å². The van der Waals surface area contributed by atoms with E-state index in [-0.39, 0.29) is 11.9 Å². The SMILES string of the molecule is CCCCCCCC[C@@]12OC(=O)[C@H]3[C@@H]4C[C@@H]([C@H](O1)[C@H]4I)[C@H]32. The number of unbranched alkanes of at least 4 members (excludes halogenated alkanes) is 5. The summed E-state index contributed by atoms with van der Waals surface area (Å²) in [6, 6.07) is 0. The zero-order valence-electron chi connectivity index (χ0n) is 12.7. The average Bonchev–Trinajstić information content (AvgIpc) is 3.12. The number of ether oxygens (including phenoxy) is 2. The third-order valence-corrected chi connectivity index (χ3v) is 7.90. The molecule has 21 heavy (non-hydrogen) atoms. The number of fused-ring (bicyclic) bond motifs is 2. The van der Waals surface area contributed by atoms with E-state index in [9.17, 15) is 4.79 Å². The maximum Gasteiger partial charge on any atom is 0.312 e. The average molecular weight is 404 g/mol. The van der Waals surface area contributed by atoms with Crippen molar-refractivity contribution in [2.45, 2.75) is 74.1 Å². The molecule has 2 aliphatic carbocycles. The number of esters is 1. The van der Waals surface area contributed by atoms with Gasteiger partial charge >= 0.3 is 5.97 Å². The van der Waals surface area contributed by atoms with Gasteiger partial charge in [0.05, 0.1) is 12.0 Å². The molecule has 3 nitrogen and oxygen atoms in total. The Kier molecular flexibility index (Phi) is 3.76. The summed E-state index contributed by atoms with van der Waals surface area (Å²) in [7, 11) is 0. The summed E-state index contributed by atoms with van der Waals surface area (Å²) in [6.45, 7) is 2.25. The van der Waals surface area contributed by atoms with Crippen molar-refractivity contribution in [3.8, 4) is 0 Å². The van der Waals surface area contributed by atoms with Crippen LogP contribution in [0.25, 0.3) is 0 Å². The van der Waals surface area contributed by atoms with E-state index in [0.29, 0.717) is 27.8 Å². The largest absolute Gasteiger partial charge is 0.432 e. The van der Waals surface area contributed by atoms with E-state index in [0.717, 1.165) is 12.8 Å². The van der Waals surface area contributed by atoms with Crippen LogP contribution in [0.15, 0.2) is 0 Å². The lowest BCUT2D eigenvalue weighted by Crippen LogP contribution is -2.36. The van der Waals surface area contributed by atoms with Gasteiger partial charge in [-0.15, -0.1) is 0 Å². The fourth-order valence-corrected chi connectivity index (χ4v) is 6.85. The number of carbonyl (C=O) groups excluding carboxylic acids is 1. The van der Waals surface area contributed by atoms with Crippen LogP contribution in [0.5, 0.6) is 0 Å². The molecule has 2 saturated carbocycles. The lowest BCUT2D eigenvalue weighted by molar-refractivity contribution is -0.218. The molecule has 0 spiro atoms. The van der Waals surface area contributed by atoms with Gasteiger partial charge in [-0.3, -0.25) is 4.79 Å². The van der Waals surface area contributed by atoms with Crippen LogP contribution in [0.1, 0.15) is 58.3 Å². The summed E-state index contributed by atoms with van der Waals surface area (Å²) < 4.78 is 12.7. The minimum atomic E-state index is -0.531. The van der Waals surface area contributed by atoms with E-state index in [2.05, 4.69) is 29.5 Å². The second-order valence-electron chi connectivity index (χ2n) is 7.39. The van der Waals surface area contributed by atoms with Crippen LogP contribution in [0.4, 0.5) is 0 Å². The zero-order valence-corrected chi connectivity index (χ0v) is 14.9. The molecule has 7 atom stereocenters. The van der Waals surface area contributed by atoms with Crippen molar-refractivity contribution < 1.29 is 14.3 Å². The first-order valence-corrected chi connectivity index (χ1v) is 9.97. The molecule has 0 aromatic heterocycles. The smallest absolute Gasteiger partial charge is 0.312 e. The first kappa shape index (κ1) is 14.7. The van der Waals surface area contributed by atoms with Gasteiger partial charge < -0.3 is 9.47 Å². The maximum atomic E-state index is 12.3. The highest BCUT2D eigenvalue weighted by atomic mass is 127. The van der Waals surface area contributed by atoms with Crippen molar-refractivity contribution in [1.82, 2.24) is 0 Å². The quantitative estimate of drug-likeness (QED) is 0.278. The normalized spacial score (nSPS) is 49.1. The number of rotatable bonds is 7. The third kappa shape index (κ3) is 2.03. The Morgan fingerprint density at radius 1 is 1.19 bits per heavy atom. The lowest BCUT2D eigenvalue weighted by atomic mass is 9.77. The first-order valence-electron chi connectivity index (χ1n) is 8.72. The van der Waals surface area contributed by atoms with E-state index in [1.165, 1.54) is 38.5 Å². The van der Waals surface area contributed by atoms with E-state index < -0.39 is 5.79 Å². The Hall–Kier alpha value is 0.160. The minimum absolute atomic E-state index is 0.0401. The summed E-state index contributed by atoms with van der Waals surface area (Å²) in [6.07, 6.45) is 10.1. The van der Waals surface area contributed by atoms with Crippen LogP contribution in [-0.4, -0.2) is 21.8 Å². The standard InChI is InChI=1S/C17H25IO3/c1-2-3-4-5-6-7-8-17-13-11-9-10(12(13)16(19)21-17)14(18)15(11)20-17/h10-15H,2-9H2,1H3/t10-,11+,12-,13+,14-,15-,17-/m0/s1. The second-order valence-corrected chi connectivity index (χ2v) is 8.83. The molecule has 4 rings (SSSR count). The molecular weight excluding hydrogens is 379 g/mol. The van der Waals surface area contributed by atoms with Crippen molar-refractivity contribution in [3.05, 3.63) is 0 Å². The van der Waals surface area contributed by atoms with Crippen LogP contribution >= 0.6 is 22.6 Å². The van der Waals surface area contributed by atoms with Crippen LogP contribution in [-0.2, 0) is 14.3 Å². The van der Waals surface area contributed by atoms with E-state index in [1.54, 1.807) is 0 Å². The first-order chi connectivity index (χ1) is 10.2. The van der Waals surface area contributed by atoms with Gasteiger partial charge in [-0.2, -0.15) is 0 Å². The zero-order chi connectivity index (χ0) is 14.6. The summed E-state index contributed by atoms with van der Waals surface area (Å²) in [5.74, 6) is 1.15. The van der Waals surface area contributed by atoms with E-state index >= 15 is 0 Å². The molecule has 2 heterocycles. The summed E-state index contributed by atoms with van der Waals surface area (Å²) in [4.78, 5) is 12.3. The molecule has 2 saturated heterocycles. The van der Waals surface area contributed by atoms with Gasteiger partial charge in [0.15, 0.2) is 0 Å². The molecule has 2 bridgehead atoms. The minimum Gasteiger partial charge on any atom is -0.432 e. The van der Waals surface area contributed by atoms with Gasteiger partial charge in [-0.25, -0.2) is 0 Å². The Balaban J connectivity index is 1.40. The van der Waals surface area contributed by atoms with Gasteiger partial charge in [-0.05, 0) is 24.7 Å². The fourth-order valence-electron chi connectivity index (χ4n) is 5.43. The highest BCUT2D eigenvalue weighted by molar-refractivity contribution is 14.1. The predicted octanol–water partition coefficient (Wildman–Crippen LogP) is 4.07. The Bertz CT molecular complexity index is 440. The Morgan fingerprint density at radius 3 is 2.76 bits per heavy atom. The molecule has 2 aliphatic heterocycles. The molecule has 4 fully saturated rings. The molecule has 0 amide bonds. The maximum absolute atomic E-state index is 12.3. The molecule has 0 aromatic carbocycles. The molecule has 0 radical (unpaired) electrons. The molecule has 0 N–H and O–H groups in total. The van der Waals surface area contributed by atoms with Crippen molar-refractivity contribution in [2.75, 3.05) is 0 Å². The highest BCUT2D eigenvalue weighted by Crippen LogP contribution is 2.69. The van der Waals surface area contributed by atoms with Crippen LogP contribution in [0.3, 0.4) is 0 Å². The Labute approximate surface area is 140 Å². The summed E-state index contributed by atoms with van der Waals surface area (Å²) in [5, 5.41) is 0. The van der Waals surface area contributed by atoms with E-state index in [1.807, 2.05) is 0 Å². The van der Waals surface area contributed by atoms with Gasteiger partial charge in [0, 0.05) is 16.3 Å². The summed E-state index contributed by atoms with van der Waals surface area (Å²) >= 11 is 2.52. The molecule has 0 unspecified atom stereocenters. The molecular formula is C17H25IO3. The van der Waals surface area contributed by atoms with Crippen molar-refractivity contribution in [3.63, 3.8) is 0 Å². The highest BCUT2D eigenvalue weighted by Gasteiger charge is 2.76. The summed E-state index contributed by atoms with van der Waals surface area (Å²) in [5.41, 5.74) is 0. The van der Waals surface area contributed by atoms with Crippen molar-refractivity contribution in [2.24, 2.45) is 23.7 Å². The number of hydrogen-bond acceptors (Lipinski definition) is 3. The van der Waals surface area contributed by atoms with Crippen LogP contribution in [0, 0.1) is 23.7 Å². The monoisotopic (exact) mass is 404 g/mol. The van der Waals surface area contributed by atoms with Crippen molar-refractivity contribution in [1.29, 1.82) is 0 Å². The van der Waals surface area contributed by atoms with Gasteiger partial charge in [0.1, 0.15) is 0 Å². The number of carbonyl (C=O) groups is 1. The van der Waals surface area contributed by atoms with Crippen LogP contribution in [0.2, 0.25) is 0 Å². The van der Waals surface area contributed by atoms with Crippen LogP contribution < -0.4 is 0 Å². The molecule has 0 aromatic rings. The van der Waals surface area contributed by atoms with Gasteiger partial charge in [0.25, 0.3) is 0 Å². The van der Waals surface area contributed by atoms with Crippen molar-refractivity contribution >= 4 is 28.6 Å². The molecule has 118 valence electrons. The third-order valence-electron chi connectivity index (χ3n) is 6.27. The fraction of sp³-hybridized carbons (Fsp3) is 0.941. The predicted molar refractivity (Wildman–Crippen MR) is 88.1 cm³/mol. The lowest BCUT2D eigenvalue weighted by Gasteiger charge is -2.28. The number of alkyl halides is 1. The second kappa shape index (κ2) is 5.36. The number of hydrogen-bond donors (Lipinski definition) is 0. The topological polar surface area (TPSA) is 35.5 Å². The Morgan fingerprint density at radius 2 is 1.95 bits per heavy atom. The molecule has 4 heteroatoms.